The lowest BCUT2D eigenvalue weighted by Gasteiger charge is -2.25. The standard InChI is InChI=1S/C17H21NO2S/c1-3-10-18(12-15-9-11-21-13-15)17(19)14(2)20-16-7-5-4-6-8-16/h4-9,11,13-14H,3,10,12H2,1-2H3. The number of para-hydroxylation sites is 1. The molecule has 0 saturated carbocycles. The fourth-order valence-corrected chi connectivity index (χ4v) is 2.81. The van der Waals surface area contributed by atoms with Gasteiger partial charge in [0.15, 0.2) is 6.10 Å². The normalized spacial score (nSPS) is 11.9. The first-order valence-corrected chi connectivity index (χ1v) is 8.16. The SMILES string of the molecule is CCCN(Cc1ccsc1)C(=O)C(C)Oc1ccccc1. The lowest BCUT2D eigenvalue weighted by Crippen LogP contribution is -2.40. The van der Waals surface area contributed by atoms with Crippen LogP contribution in [0.1, 0.15) is 25.8 Å². The summed E-state index contributed by atoms with van der Waals surface area (Å²) in [6.07, 6.45) is 0.464. The van der Waals surface area contributed by atoms with Crippen molar-refractivity contribution in [1.82, 2.24) is 4.90 Å². The van der Waals surface area contributed by atoms with Gasteiger partial charge in [-0.15, -0.1) is 0 Å². The summed E-state index contributed by atoms with van der Waals surface area (Å²) >= 11 is 1.65. The molecule has 1 aromatic carbocycles. The van der Waals surface area contributed by atoms with Crippen molar-refractivity contribution in [3.05, 3.63) is 52.7 Å². The molecule has 0 N–H and O–H groups in total. The highest BCUT2D eigenvalue weighted by atomic mass is 32.1. The summed E-state index contributed by atoms with van der Waals surface area (Å²) in [5, 5.41) is 4.12. The monoisotopic (exact) mass is 303 g/mol. The minimum Gasteiger partial charge on any atom is -0.481 e. The molecule has 0 spiro atoms. The average Bonchev–Trinajstić information content (AvgIpc) is 3.00. The largest absolute Gasteiger partial charge is 0.481 e. The van der Waals surface area contributed by atoms with E-state index in [-0.39, 0.29) is 5.91 Å². The van der Waals surface area contributed by atoms with Crippen LogP contribution in [0.3, 0.4) is 0 Å². The van der Waals surface area contributed by atoms with E-state index in [1.807, 2.05) is 47.5 Å². The van der Waals surface area contributed by atoms with Crippen LogP contribution in [0, 0.1) is 0 Å². The Bertz CT molecular complexity index is 539. The molecule has 1 aromatic heterocycles. The number of ether oxygens (including phenoxy) is 1. The van der Waals surface area contributed by atoms with Crippen LogP contribution in [0.15, 0.2) is 47.2 Å². The van der Waals surface area contributed by atoms with Crippen molar-refractivity contribution in [2.24, 2.45) is 0 Å². The van der Waals surface area contributed by atoms with E-state index in [0.29, 0.717) is 6.54 Å². The predicted octanol–water partition coefficient (Wildman–Crippen LogP) is 3.95. The van der Waals surface area contributed by atoms with E-state index >= 15 is 0 Å². The smallest absolute Gasteiger partial charge is 0.263 e. The van der Waals surface area contributed by atoms with Crippen molar-refractivity contribution < 1.29 is 9.53 Å². The Hall–Kier alpha value is -1.81. The summed E-state index contributed by atoms with van der Waals surface area (Å²) in [5.41, 5.74) is 1.17. The van der Waals surface area contributed by atoms with Crippen molar-refractivity contribution in [3.8, 4) is 5.75 Å². The lowest BCUT2D eigenvalue weighted by atomic mass is 10.2. The molecule has 0 saturated heterocycles. The van der Waals surface area contributed by atoms with E-state index in [0.717, 1.165) is 18.7 Å². The first kappa shape index (κ1) is 15.6. The summed E-state index contributed by atoms with van der Waals surface area (Å²) in [6.45, 7) is 5.29. The van der Waals surface area contributed by atoms with Gasteiger partial charge < -0.3 is 9.64 Å². The molecule has 21 heavy (non-hydrogen) atoms. The Morgan fingerprint density at radius 1 is 1.29 bits per heavy atom. The summed E-state index contributed by atoms with van der Waals surface area (Å²) in [6, 6.07) is 11.5. The molecular weight excluding hydrogens is 282 g/mol. The fourth-order valence-electron chi connectivity index (χ4n) is 2.15. The maximum atomic E-state index is 12.6. The van der Waals surface area contributed by atoms with Crippen molar-refractivity contribution in [3.63, 3.8) is 0 Å². The second-order valence-corrected chi connectivity index (χ2v) is 5.74. The third kappa shape index (κ3) is 4.60. The molecule has 0 fully saturated rings. The Balaban J connectivity index is 1.99. The van der Waals surface area contributed by atoms with Crippen LogP contribution in [0.25, 0.3) is 0 Å². The molecule has 1 unspecified atom stereocenters. The zero-order valence-electron chi connectivity index (χ0n) is 12.5. The van der Waals surface area contributed by atoms with Gasteiger partial charge >= 0.3 is 0 Å². The molecule has 0 bridgehead atoms. The Labute approximate surface area is 130 Å². The molecule has 0 aliphatic rings. The van der Waals surface area contributed by atoms with Gasteiger partial charge in [0.05, 0.1) is 0 Å². The van der Waals surface area contributed by atoms with Crippen LogP contribution in [0.4, 0.5) is 0 Å². The van der Waals surface area contributed by atoms with Crippen molar-refractivity contribution >= 4 is 17.2 Å². The Kier molecular flexibility index (Phi) is 5.81. The average molecular weight is 303 g/mol. The number of benzene rings is 1. The van der Waals surface area contributed by atoms with Crippen LogP contribution in [0.5, 0.6) is 5.75 Å². The predicted molar refractivity (Wildman–Crippen MR) is 86.6 cm³/mol. The summed E-state index contributed by atoms with van der Waals surface area (Å²) in [7, 11) is 0. The highest BCUT2D eigenvalue weighted by molar-refractivity contribution is 7.07. The molecule has 4 heteroatoms. The number of rotatable bonds is 7. The van der Waals surface area contributed by atoms with Gasteiger partial charge in [0.25, 0.3) is 5.91 Å². The van der Waals surface area contributed by atoms with Gasteiger partial charge in [-0.1, -0.05) is 25.1 Å². The van der Waals surface area contributed by atoms with Gasteiger partial charge in [0, 0.05) is 13.1 Å². The first-order valence-electron chi connectivity index (χ1n) is 7.22. The number of nitrogens with zero attached hydrogens (tertiary/aromatic N) is 1. The summed E-state index contributed by atoms with van der Waals surface area (Å²) < 4.78 is 5.73. The number of hydrogen-bond donors (Lipinski definition) is 0. The molecule has 2 rings (SSSR count). The second-order valence-electron chi connectivity index (χ2n) is 4.96. The third-order valence-electron chi connectivity index (χ3n) is 3.16. The van der Waals surface area contributed by atoms with Gasteiger partial charge in [-0.2, -0.15) is 11.3 Å². The van der Waals surface area contributed by atoms with Gasteiger partial charge in [-0.05, 0) is 47.9 Å². The number of carbonyl (C=O) groups excluding carboxylic acids is 1. The van der Waals surface area contributed by atoms with Gasteiger partial charge in [0.2, 0.25) is 0 Å². The maximum absolute atomic E-state index is 12.6. The molecule has 0 radical (unpaired) electrons. The number of carbonyl (C=O) groups is 1. The van der Waals surface area contributed by atoms with Crippen LogP contribution in [-0.2, 0) is 11.3 Å². The van der Waals surface area contributed by atoms with E-state index < -0.39 is 6.10 Å². The molecule has 0 aliphatic carbocycles. The van der Waals surface area contributed by atoms with E-state index in [4.69, 9.17) is 4.74 Å². The van der Waals surface area contributed by atoms with Gasteiger partial charge in [0.1, 0.15) is 5.75 Å². The maximum Gasteiger partial charge on any atom is 0.263 e. The molecule has 0 aliphatic heterocycles. The van der Waals surface area contributed by atoms with Crippen LogP contribution >= 0.6 is 11.3 Å². The highest BCUT2D eigenvalue weighted by Crippen LogP contribution is 2.15. The van der Waals surface area contributed by atoms with E-state index in [1.54, 1.807) is 11.3 Å². The molecular formula is C17H21NO2S. The van der Waals surface area contributed by atoms with Crippen molar-refractivity contribution in [1.29, 1.82) is 0 Å². The third-order valence-corrected chi connectivity index (χ3v) is 3.89. The summed E-state index contributed by atoms with van der Waals surface area (Å²) in [5.74, 6) is 0.761. The molecule has 1 atom stereocenters. The van der Waals surface area contributed by atoms with Crippen LogP contribution in [0.2, 0.25) is 0 Å². The van der Waals surface area contributed by atoms with Gasteiger partial charge in [-0.25, -0.2) is 0 Å². The minimum absolute atomic E-state index is 0.0342. The Morgan fingerprint density at radius 2 is 2.05 bits per heavy atom. The van der Waals surface area contributed by atoms with Crippen LogP contribution in [-0.4, -0.2) is 23.5 Å². The lowest BCUT2D eigenvalue weighted by molar-refractivity contribution is -0.138. The van der Waals surface area contributed by atoms with E-state index in [1.165, 1.54) is 5.56 Å². The summed E-state index contributed by atoms with van der Waals surface area (Å²) in [4.78, 5) is 14.4. The molecule has 1 heterocycles. The van der Waals surface area contributed by atoms with Gasteiger partial charge in [-0.3, -0.25) is 4.79 Å². The highest BCUT2D eigenvalue weighted by Gasteiger charge is 2.21. The zero-order valence-corrected chi connectivity index (χ0v) is 13.3. The molecule has 1 amide bonds. The zero-order chi connectivity index (χ0) is 15.1. The number of hydrogen-bond acceptors (Lipinski definition) is 3. The minimum atomic E-state index is -0.474. The molecule has 2 aromatic rings. The van der Waals surface area contributed by atoms with Crippen molar-refractivity contribution in [2.75, 3.05) is 6.54 Å². The topological polar surface area (TPSA) is 29.5 Å². The van der Waals surface area contributed by atoms with Crippen LogP contribution < -0.4 is 4.74 Å². The Morgan fingerprint density at radius 3 is 2.67 bits per heavy atom. The quantitative estimate of drug-likeness (QED) is 0.775. The second kappa shape index (κ2) is 7.84. The van der Waals surface area contributed by atoms with Crippen molar-refractivity contribution in [2.45, 2.75) is 32.9 Å². The fraction of sp³-hybridized carbons (Fsp3) is 0.353. The van der Waals surface area contributed by atoms with E-state index in [9.17, 15) is 4.79 Å². The number of thiophene rings is 1. The van der Waals surface area contributed by atoms with E-state index in [2.05, 4.69) is 18.4 Å². The molecule has 3 nitrogen and oxygen atoms in total. The molecule has 112 valence electrons. The first-order chi connectivity index (χ1) is 10.2. The number of amides is 1.